The number of anilines is 1. The van der Waals surface area contributed by atoms with E-state index in [1.54, 1.807) is 0 Å². The maximum absolute atomic E-state index is 12.5. The number of aromatic amines is 1. The van der Waals surface area contributed by atoms with Crippen molar-refractivity contribution in [1.82, 2.24) is 29.9 Å². The summed E-state index contributed by atoms with van der Waals surface area (Å²) in [5, 5.41) is 15.8. The Labute approximate surface area is 126 Å². The van der Waals surface area contributed by atoms with Crippen LogP contribution in [0.2, 0.25) is 0 Å². The Morgan fingerprint density at radius 3 is 2.39 bits per heavy atom. The summed E-state index contributed by atoms with van der Waals surface area (Å²) in [7, 11) is 0. The van der Waals surface area contributed by atoms with Gasteiger partial charge in [-0.05, 0) is 24.3 Å². The number of hydrogen-bond donors (Lipinski definition) is 2. The Morgan fingerprint density at radius 1 is 1.13 bits per heavy atom. The molecule has 0 bridgehead atoms. The van der Waals surface area contributed by atoms with Crippen molar-refractivity contribution >= 4 is 11.6 Å². The number of rotatable bonds is 3. The molecule has 1 amide bonds. The van der Waals surface area contributed by atoms with E-state index in [0.29, 0.717) is 0 Å². The Kier molecular flexibility index (Phi) is 3.52. The molecule has 0 saturated carbocycles. The van der Waals surface area contributed by atoms with Gasteiger partial charge in [0.05, 0.1) is 5.56 Å². The molecule has 2 heterocycles. The molecule has 2 N–H and O–H groups in total. The van der Waals surface area contributed by atoms with Gasteiger partial charge in [-0.1, -0.05) is 0 Å². The third-order valence-corrected chi connectivity index (χ3v) is 2.81. The summed E-state index contributed by atoms with van der Waals surface area (Å²) >= 11 is 0. The molecular weight excluding hydrogens is 315 g/mol. The van der Waals surface area contributed by atoms with E-state index in [9.17, 15) is 18.0 Å². The van der Waals surface area contributed by atoms with Crippen LogP contribution in [0.25, 0.3) is 5.95 Å². The van der Waals surface area contributed by atoms with E-state index in [-0.39, 0.29) is 17.5 Å². The van der Waals surface area contributed by atoms with Gasteiger partial charge in [-0.15, -0.1) is 15.3 Å². The second-order valence-electron chi connectivity index (χ2n) is 4.38. The van der Waals surface area contributed by atoms with Gasteiger partial charge in [-0.2, -0.15) is 18.2 Å². The van der Waals surface area contributed by atoms with Crippen LogP contribution < -0.4 is 5.32 Å². The van der Waals surface area contributed by atoms with Crippen LogP contribution in [0.3, 0.4) is 0 Å². The van der Waals surface area contributed by atoms with Crippen molar-refractivity contribution in [3.05, 3.63) is 48.3 Å². The fraction of sp³-hybridized carbons (Fsp3) is 0.0833. The molecule has 2 aromatic heterocycles. The number of alkyl halides is 3. The van der Waals surface area contributed by atoms with Crippen LogP contribution in [0.1, 0.15) is 16.2 Å². The molecule has 0 unspecified atom stereocenters. The number of aromatic nitrogens is 6. The predicted octanol–water partition coefficient (Wildman–Crippen LogP) is 1.66. The van der Waals surface area contributed by atoms with Crippen LogP contribution in [0.15, 0.2) is 36.9 Å². The zero-order chi connectivity index (χ0) is 16.4. The van der Waals surface area contributed by atoms with Crippen molar-refractivity contribution in [3.8, 4) is 5.95 Å². The van der Waals surface area contributed by atoms with Gasteiger partial charge in [0.1, 0.15) is 12.7 Å². The Morgan fingerprint density at radius 2 is 1.78 bits per heavy atom. The summed E-state index contributed by atoms with van der Waals surface area (Å²) in [6.45, 7) is 0. The van der Waals surface area contributed by atoms with E-state index in [4.69, 9.17) is 0 Å². The maximum atomic E-state index is 12.5. The molecule has 3 aromatic rings. The molecule has 3 rings (SSSR count). The topological polar surface area (TPSA) is 101 Å². The standard InChI is InChI=1S/C12H8F3N7O/c13-12(14,15)7-1-3-8(4-2-7)18-10(23)9-19-11(21-20-9)22-5-16-17-6-22/h1-6H,(H,18,23)(H,19,20,21). The first-order valence-electron chi connectivity index (χ1n) is 6.19. The highest BCUT2D eigenvalue weighted by Gasteiger charge is 2.30. The number of amides is 1. The van der Waals surface area contributed by atoms with Crippen molar-refractivity contribution in [2.75, 3.05) is 5.32 Å². The Hall–Kier alpha value is -3.24. The lowest BCUT2D eigenvalue weighted by Gasteiger charge is -2.07. The largest absolute Gasteiger partial charge is 0.416 e. The molecule has 11 heteroatoms. The number of H-pyrrole nitrogens is 1. The van der Waals surface area contributed by atoms with E-state index >= 15 is 0 Å². The van der Waals surface area contributed by atoms with Crippen LogP contribution >= 0.6 is 0 Å². The number of halogens is 3. The van der Waals surface area contributed by atoms with Gasteiger partial charge in [0.25, 0.3) is 11.9 Å². The van der Waals surface area contributed by atoms with Gasteiger partial charge in [0.15, 0.2) is 0 Å². The first-order valence-corrected chi connectivity index (χ1v) is 6.19. The van der Waals surface area contributed by atoms with E-state index in [1.165, 1.54) is 17.2 Å². The quantitative estimate of drug-likeness (QED) is 0.763. The number of hydrogen-bond acceptors (Lipinski definition) is 5. The van der Waals surface area contributed by atoms with Gasteiger partial charge in [-0.3, -0.25) is 14.5 Å². The molecule has 0 spiro atoms. The van der Waals surface area contributed by atoms with Crippen molar-refractivity contribution in [1.29, 1.82) is 0 Å². The molecule has 0 saturated heterocycles. The fourth-order valence-corrected chi connectivity index (χ4v) is 1.71. The van der Waals surface area contributed by atoms with Crippen LogP contribution in [0.4, 0.5) is 18.9 Å². The second-order valence-corrected chi connectivity index (χ2v) is 4.38. The number of nitrogens with one attached hydrogen (secondary N) is 2. The predicted molar refractivity (Wildman–Crippen MR) is 70.7 cm³/mol. The normalized spacial score (nSPS) is 11.4. The number of nitrogens with zero attached hydrogens (tertiary/aromatic N) is 5. The number of benzene rings is 1. The Balaban J connectivity index is 1.72. The zero-order valence-electron chi connectivity index (χ0n) is 11.2. The highest BCUT2D eigenvalue weighted by atomic mass is 19.4. The maximum Gasteiger partial charge on any atom is 0.416 e. The highest BCUT2D eigenvalue weighted by Crippen LogP contribution is 2.29. The van der Waals surface area contributed by atoms with Crippen LogP contribution in [-0.2, 0) is 6.18 Å². The molecule has 1 aromatic carbocycles. The SMILES string of the molecule is O=C(Nc1ccc(C(F)(F)F)cc1)c1nc(-n2cnnc2)n[nH]1. The van der Waals surface area contributed by atoms with Crippen LogP contribution in [-0.4, -0.2) is 35.9 Å². The number of carbonyl (C=O) groups excluding carboxylic acids is 1. The summed E-state index contributed by atoms with van der Waals surface area (Å²) in [5.41, 5.74) is -0.602. The molecule has 0 aliphatic heterocycles. The molecule has 118 valence electrons. The third-order valence-electron chi connectivity index (χ3n) is 2.81. The molecule has 0 aliphatic rings. The lowest BCUT2D eigenvalue weighted by atomic mass is 10.2. The molecular formula is C12H8F3N7O. The van der Waals surface area contributed by atoms with Crippen molar-refractivity contribution < 1.29 is 18.0 Å². The average molecular weight is 323 g/mol. The van der Waals surface area contributed by atoms with Gasteiger partial charge >= 0.3 is 6.18 Å². The van der Waals surface area contributed by atoms with Gasteiger partial charge in [-0.25, -0.2) is 0 Å². The molecule has 0 atom stereocenters. The minimum Gasteiger partial charge on any atom is -0.319 e. The molecule has 0 radical (unpaired) electrons. The minimum absolute atomic E-state index is 0.103. The monoisotopic (exact) mass is 323 g/mol. The first-order chi connectivity index (χ1) is 10.9. The van der Waals surface area contributed by atoms with Crippen molar-refractivity contribution in [2.24, 2.45) is 0 Å². The summed E-state index contributed by atoms with van der Waals surface area (Å²) in [4.78, 5) is 15.9. The van der Waals surface area contributed by atoms with E-state index in [1.807, 2.05) is 0 Å². The lowest BCUT2D eigenvalue weighted by molar-refractivity contribution is -0.137. The second kappa shape index (κ2) is 5.51. The molecule has 8 nitrogen and oxygen atoms in total. The van der Waals surface area contributed by atoms with Crippen molar-refractivity contribution in [2.45, 2.75) is 6.18 Å². The first kappa shape index (κ1) is 14.7. The molecule has 0 aliphatic carbocycles. The average Bonchev–Trinajstić information content (AvgIpc) is 3.18. The van der Waals surface area contributed by atoms with Crippen molar-refractivity contribution in [3.63, 3.8) is 0 Å². The fourth-order valence-electron chi connectivity index (χ4n) is 1.71. The van der Waals surface area contributed by atoms with E-state index < -0.39 is 17.6 Å². The highest BCUT2D eigenvalue weighted by molar-refractivity contribution is 6.01. The summed E-state index contributed by atoms with van der Waals surface area (Å²) in [5.74, 6) is -0.585. The smallest absolute Gasteiger partial charge is 0.319 e. The lowest BCUT2D eigenvalue weighted by Crippen LogP contribution is -2.14. The summed E-state index contributed by atoms with van der Waals surface area (Å²) < 4.78 is 38.8. The summed E-state index contributed by atoms with van der Waals surface area (Å²) in [6.07, 6.45) is -1.73. The van der Waals surface area contributed by atoms with Crippen LogP contribution in [0.5, 0.6) is 0 Å². The van der Waals surface area contributed by atoms with E-state index in [0.717, 1.165) is 24.3 Å². The minimum atomic E-state index is -4.43. The summed E-state index contributed by atoms with van der Waals surface area (Å²) in [6, 6.07) is 4.05. The Bertz CT molecular complexity index is 808. The number of carbonyl (C=O) groups is 1. The molecule has 0 fully saturated rings. The van der Waals surface area contributed by atoms with Gasteiger partial charge < -0.3 is 5.32 Å². The zero-order valence-corrected chi connectivity index (χ0v) is 11.2. The van der Waals surface area contributed by atoms with E-state index in [2.05, 4.69) is 30.7 Å². The third kappa shape index (κ3) is 3.17. The van der Waals surface area contributed by atoms with Gasteiger partial charge in [0, 0.05) is 5.69 Å². The van der Waals surface area contributed by atoms with Gasteiger partial charge in [0.2, 0.25) is 5.82 Å². The van der Waals surface area contributed by atoms with Crippen LogP contribution in [0, 0.1) is 0 Å². The molecule has 23 heavy (non-hydrogen) atoms.